The topological polar surface area (TPSA) is 44.1 Å². The molecule has 1 amide bonds. The Balaban J connectivity index is 2.76. The predicted octanol–water partition coefficient (Wildman–Crippen LogP) is 3.06. The maximum absolute atomic E-state index is 13.7. The molecule has 0 fully saturated rings. The third-order valence-electron chi connectivity index (χ3n) is 2.80. The van der Waals surface area contributed by atoms with E-state index in [1.807, 2.05) is 13.0 Å². The van der Waals surface area contributed by atoms with Crippen molar-refractivity contribution >= 4 is 17.5 Å². The van der Waals surface area contributed by atoms with Crippen LogP contribution >= 0.6 is 11.6 Å². The van der Waals surface area contributed by atoms with Crippen molar-refractivity contribution in [3.63, 3.8) is 0 Å². The molecule has 0 aromatic heterocycles. The quantitative estimate of drug-likeness (QED) is 0.753. The Hall–Kier alpha value is -1.60. The van der Waals surface area contributed by atoms with Gasteiger partial charge in [0.05, 0.1) is 11.6 Å². The van der Waals surface area contributed by atoms with Crippen LogP contribution in [0.5, 0.6) is 0 Å². The molecule has 19 heavy (non-hydrogen) atoms. The molecule has 0 N–H and O–H groups in total. The molecule has 0 aliphatic rings. The van der Waals surface area contributed by atoms with Gasteiger partial charge in [-0.1, -0.05) is 6.07 Å². The molecule has 1 rings (SSSR count). The summed E-state index contributed by atoms with van der Waals surface area (Å²) < 4.78 is 13.7. The summed E-state index contributed by atoms with van der Waals surface area (Å²) in [6.07, 6.45) is 0.988. The molecule has 0 saturated carbocycles. The number of nitriles is 1. The molecule has 0 heterocycles. The molecule has 0 aliphatic heterocycles. The molecule has 3 nitrogen and oxygen atoms in total. The third kappa shape index (κ3) is 4.53. The maximum Gasteiger partial charge on any atom is 0.222 e. The monoisotopic (exact) mass is 282 g/mol. The van der Waals surface area contributed by atoms with Gasteiger partial charge in [0.1, 0.15) is 5.82 Å². The van der Waals surface area contributed by atoms with Gasteiger partial charge in [-0.05, 0) is 25.5 Å². The van der Waals surface area contributed by atoms with Gasteiger partial charge in [0, 0.05) is 31.0 Å². The molecular weight excluding hydrogens is 267 g/mol. The summed E-state index contributed by atoms with van der Waals surface area (Å²) in [5.41, 5.74) is 0.692. The maximum atomic E-state index is 13.7. The zero-order valence-electron chi connectivity index (χ0n) is 10.8. The lowest BCUT2D eigenvalue weighted by atomic mass is 10.1. The van der Waals surface area contributed by atoms with Crippen molar-refractivity contribution in [1.29, 1.82) is 5.26 Å². The van der Waals surface area contributed by atoms with E-state index in [4.69, 9.17) is 16.9 Å². The Morgan fingerprint density at radius 2 is 2.26 bits per heavy atom. The van der Waals surface area contributed by atoms with Crippen molar-refractivity contribution in [2.45, 2.75) is 26.3 Å². The lowest BCUT2D eigenvalue weighted by molar-refractivity contribution is -0.131. The number of rotatable bonds is 6. The summed E-state index contributed by atoms with van der Waals surface area (Å²) >= 11 is 5.55. The van der Waals surface area contributed by atoms with Gasteiger partial charge >= 0.3 is 0 Å². The average molecular weight is 283 g/mol. The Morgan fingerprint density at radius 1 is 1.53 bits per heavy atom. The van der Waals surface area contributed by atoms with Gasteiger partial charge in [-0.25, -0.2) is 4.39 Å². The molecule has 0 unspecified atom stereocenters. The summed E-state index contributed by atoms with van der Waals surface area (Å²) in [5, 5.41) is 8.67. The Morgan fingerprint density at radius 3 is 2.79 bits per heavy atom. The Labute approximate surface area is 117 Å². The highest BCUT2D eigenvalue weighted by Crippen LogP contribution is 2.13. The van der Waals surface area contributed by atoms with Crippen LogP contribution in [0.3, 0.4) is 0 Å². The fourth-order valence-corrected chi connectivity index (χ4v) is 1.84. The second-order valence-corrected chi connectivity index (χ2v) is 4.50. The van der Waals surface area contributed by atoms with Gasteiger partial charge in [0.2, 0.25) is 5.91 Å². The molecule has 102 valence electrons. The van der Waals surface area contributed by atoms with E-state index in [0.29, 0.717) is 30.8 Å². The number of halogens is 2. The van der Waals surface area contributed by atoms with Crippen LogP contribution in [0, 0.1) is 17.1 Å². The Bertz CT molecular complexity index is 485. The van der Waals surface area contributed by atoms with E-state index >= 15 is 0 Å². The van der Waals surface area contributed by atoms with Crippen molar-refractivity contribution in [3.05, 3.63) is 35.1 Å². The van der Waals surface area contributed by atoms with Crippen LogP contribution in [0.4, 0.5) is 4.39 Å². The fourth-order valence-electron chi connectivity index (χ4n) is 1.70. The summed E-state index contributed by atoms with van der Waals surface area (Å²) in [6, 6.07) is 6.16. The van der Waals surface area contributed by atoms with Crippen LogP contribution in [-0.2, 0) is 11.3 Å². The van der Waals surface area contributed by atoms with E-state index in [-0.39, 0.29) is 18.0 Å². The van der Waals surface area contributed by atoms with E-state index in [1.165, 1.54) is 6.07 Å². The third-order valence-corrected chi connectivity index (χ3v) is 3.07. The minimum Gasteiger partial charge on any atom is -0.339 e. The van der Waals surface area contributed by atoms with Crippen LogP contribution < -0.4 is 0 Å². The van der Waals surface area contributed by atoms with E-state index in [0.717, 1.165) is 0 Å². The van der Waals surface area contributed by atoms with Crippen molar-refractivity contribution in [2.24, 2.45) is 0 Å². The molecule has 0 atom stereocenters. The Kier molecular flexibility index (Phi) is 6.31. The smallest absolute Gasteiger partial charge is 0.222 e. The van der Waals surface area contributed by atoms with Gasteiger partial charge in [-0.3, -0.25) is 4.79 Å². The molecule has 0 saturated heterocycles. The largest absolute Gasteiger partial charge is 0.339 e. The van der Waals surface area contributed by atoms with E-state index < -0.39 is 5.82 Å². The standard InChI is InChI=1S/C14H16ClFN2O/c1-2-18(14(19)4-3-7-15)10-12-6-5-11(9-17)8-13(12)16/h5-6,8H,2-4,7,10H2,1H3. The van der Waals surface area contributed by atoms with Crippen molar-refractivity contribution in [2.75, 3.05) is 12.4 Å². The number of carbonyl (C=O) groups excluding carboxylic acids is 1. The van der Waals surface area contributed by atoms with E-state index in [9.17, 15) is 9.18 Å². The van der Waals surface area contributed by atoms with Gasteiger partial charge in [0.15, 0.2) is 0 Å². The summed E-state index contributed by atoms with van der Waals surface area (Å²) in [4.78, 5) is 13.4. The van der Waals surface area contributed by atoms with E-state index in [2.05, 4.69) is 0 Å². The van der Waals surface area contributed by atoms with Crippen molar-refractivity contribution in [3.8, 4) is 6.07 Å². The molecule has 0 spiro atoms. The first-order valence-corrected chi connectivity index (χ1v) is 6.68. The predicted molar refractivity (Wildman–Crippen MR) is 72.2 cm³/mol. The molecule has 0 bridgehead atoms. The van der Waals surface area contributed by atoms with Gasteiger partial charge in [-0.15, -0.1) is 11.6 Å². The van der Waals surface area contributed by atoms with Gasteiger partial charge < -0.3 is 4.90 Å². The lowest BCUT2D eigenvalue weighted by Gasteiger charge is -2.21. The molecule has 0 radical (unpaired) electrons. The minimum absolute atomic E-state index is 0.0353. The second-order valence-electron chi connectivity index (χ2n) is 4.12. The number of nitrogens with zero attached hydrogens (tertiary/aromatic N) is 2. The fraction of sp³-hybridized carbons (Fsp3) is 0.429. The number of amides is 1. The molecule has 0 aliphatic carbocycles. The summed E-state index contributed by atoms with van der Waals surface area (Å²) in [5.74, 6) is -0.0521. The highest BCUT2D eigenvalue weighted by molar-refractivity contribution is 6.17. The summed E-state index contributed by atoms with van der Waals surface area (Å²) in [7, 11) is 0. The number of alkyl halides is 1. The highest BCUT2D eigenvalue weighted by atomic mass is 35.5. The normalized spacial score (nSPS) is 10.0. The lowest BCUT2D eigenvalue weighted by Crippen LogP contribution is -2.30. The number of carbonyl (C=O) groups is 1. The SMILES string of the molecule is CCN(Cc1ccc(C#N)cc1F)C(=O)CCCCl. The number of hydrogen-bond donors (Lipinski definition) is 0. The molecule has 1 aromatic rings. The number of benzene rings is 1. The molecular formula is C14H16ClFN2O. The van der Waals surface area contributed by atoms with E-state index in [1.54, 1.807) is 17.0 Å². The van der Waals surface area contributed by atoms with Gasteiger partial charge in [-0.2, -0.15) is 5.26 Å². The van der Waals surface area contributed by atoms with Crippen LogP contribution in [0.2, 0.25) is 0 Å². The second kappa shape index (κ2) is 7.75. The minimum atomic E-state index is -0.456. The van der Waals surface area contributed by atoms with Crippen LogP contribution in [-0.4, -0.2) is 23.2 Å². The highest BCUT2D eigenvalue weighted by Gasteiger charge is 2.14. The first-order valence-electron chi connectivity index (χ1n) is 6.14. The average Bonchev–Trinajstić information content (AvgIpc) is 2.43. The summed E-state index contributed by atoms with van der Waals surface area (Å²) in [6.45, 7) is 2.58. The number of hydrogen-bond acceptors (Lipinski definition) is 2. The van der Waals surface area contributed by atoms with Crippen molar-refractivity contribution < 1.29 is 9.18 Å². The van der Waals surface area contributed by atoms with Crippen LogP contribution in [0.15, 0.2) is 18.2 Å². The first kappa shape index (κ1) is 15.5. The zero-order chi connectivity index (χ0) is 14.3. The van der Waals surface area contributed by atoms with Crippen LogP contribution in [0.25, 0.3) is 0 Å². The first-order chi connectivity index (χ1) is 9.12. The van der Waals surface area contributed by atoms with Crippen LogP contribution in [0.1, 0.15) is 30.9 Å². The molecule has 5 heteroatoms. The zero-order valence-corrected chi connectivity index (χ0v) is 11.6. The van der Waals surface area contributed by atoms with Crippen molar-refractivity contribution in [1.82, 2.24) is 4.90 Å². The molecule has 1 aromatic carbocycles. The van der Waals surface area contributed by atoms with Gasteiger partial charge in [0.25, 0.3) is 0 Å².